The largest absolute Gasteiger partial charge is 0.373 e. The van der Waals surface area contributed by atoms with Gasteiger partial charge < -0.3 is 10.6 Å². The Morgan fingerprint density at radius 3 is 2.86 bits per heavy atom. The van der Waals surface area contributed by atoms with Crippen molar-refractivity contribution in [3.8, 4) is 0 Å². The van der Waals surface area contributed by atoms with Crippen molar-refractivity contribution in [1.29, 1.82) is 0 Å². The Bertz CT molecular complexity index is 684. The zero-order chi connectivity index (χ0) is 14.8. The highest BCUT2D eigenvalue weighted by atomic mass is 19.1. The van der Waals surface area contributed by atoms with Crippen molar-refractivity contribution in [2.75, 3.05) is 10.6 Å². The van der Waals surface area contributed by atoms with Crippen LogP contribution in [-0.4, -0.2) is 11.9 Å². The second kappa shape index (κ2) is 5.56. The van der Waals surface area contributed by atoms with Gasteiger partial charge in [-0.1, -0.05) is 18.2 Å². The smallest absolute Gasteiger partial charge is 0.246 e. The molecule has 0 aromatic heterocycles. The molecule has 1 unspecified atom stereocenters. The highest BCUT2D eigenvalue weighted by Crippen LogP contribution is 2.24. The van der Waals surface area contributed by atoms with E-state index in [-0.39, 0.29) is 17.8 Å². The van der Waals surface area contributed by atoms with Crippen LogP contribution in [0.25, 0.3) is 0 Å². The molecule has 0 fully saturated rings. The number of halogens is 1. The van der Waals surface area contributed by atoms with E-state index >= 15 is 0 Å². The molecular weight excluding hydrogens is 267 g/mol. The molecule has 2 aromatic carbocycles. The van der Waals surface area contributed by atoms with Gasteiger partial charge in [-0.2, -0.15) is 0 Å². The molecule has 0 saturated carbocycles. The van der Waals surface area contributed by atoms with E-state index in [1.165, 1.54) is 12.1 Å². The maximum Gasteiger partial charge on any atom is 0.246 e. The lowest BCUT2D eigenvalue weighted by molar-refractivity contribution is -0.116. The number of amides is 1. The van der Waals surface area contributed by atoms with Crippen LogP contribution in [-0.2, 0) is 11.2 Å². The Kier molecular flexibility index (Phi) is 3.60. The minimum absolute atomic E-state index is 0.0522. The van der Waals surface area contributed by atoms with Crippen LogP contribution in [0.1, 0.15) is 17.5 Å². The summed E-state index contributed by atoms with van der Waals surface area (Å²) < 4.78 is 13.1. The zero-order valence-electron chi connectivity index (χ0n) is 11.8. The number of nitrogens with one attached hydrogen (secondary N) is 2. The predicted molar refractivity (Wildman–Crippen MR) is 81.9 cm³/mol. The Hall–Kier alpha value is -2.36. The summed E-state index contributed by atoms with van der Waals surface area (Å²) >= 11 is 0. The molecule has 0 radical (unpaired) electrons. The number of carbonyl (C=O) groups excluding carboxylic acids is 1. The van der Waals surface area contributed by atoms with E-state index in [2.05, 4.69) is 10.6 Å². The zero-order valence-corrected chi connectivity index (χ0v) is 11.8. The van der Waals surface area contributed by atoms with Crippen molar-refractivity contribution in [3.63, 3.8) is 0 Å². The number of para-hydroxylation sites is 1. The average Bonchev–Trinajstić information content (AvgIpc) is 2.61. The molecule has 21 heavy (non-hydrogen) atoms. The molecule has 3 rings (SSSR count). The molecule has 1 aliphatic heterocycles. The van der Waals surface area contributed by atoms with E-state index in [0.29, 0.717) is 6.42 Å². The minimum Gasteiger partial charge on any atom is -0.373 e. The van der Waals surface area contributed by atoms with Crippen molar-refractivity contribution in [2.45, 2.75) is 25.8 Å². The SMILES string of the molecule is Cc1cc(F)ccc1NC1CCc2ccccc2NC1=O. The summed E-state index contributed by atoms with van der Waals surface area (Å²) in [6.07, 6.45) is 1.53. The molecule has 0 aliphatic carbocycles. The Balaban J connectivity index is 1.80. The third-order valence-corrected chi connectivity index (χ3v) is 3.81. The highest BCUT2D eigenvalue weighted by molar-refractivity contribution is 5.98. The summed E-state index contributed by atoms with van der Waals surface area (Å²) in [4.78, 5) is 12.3. The first kappa shape index (κ1) is 13.6. The van der Waals surface area contributed by atoms with Crippen LogP contribution >= 0.6 is 0 Å². The molecule has 0 bridgehead atoms. The van der Waals surface area contributed by atoms with Gasteiger partial charge >= 0.3 is 0 Å². The van der Waals surface area contributed by atoms with Gasteiger partial charge in [0.1, 0.15) is 11.9 Å². The van der Waals surface area contributed by atoms with Gasteiger partial charge in [-0.05, 0) is 55.2 Å². The van der Waals surface area contributed by atoms with Crippen LogP contribution in [0.3, 0.4) is 0 Å². The number of aryl methyl sites for hydroxylation is 2. The van der Waals surface area contributed by atoms with Gasteiger partial charge in [0.2, 0.25) is 5.91 Å². The summed E-state index contributed by atoms with van der Waals surface area (Å²) in [5.74, 6) is -0.320. The predicted octanol–water partition coefficient (Wildman–Crippen LogP) is 3.50. The quantitative estimate of drug-likeness (QED) is 0.886. The van der Waals surface area contributed by atoms with E-state index in [1.807, 2.05) is 31.2 Å². The number of carbonyl (C=O) groups is 1. The summed E-state index contributed by atoms with van der Waals surface area (Å²) in [5, 5.41) is 6.17. The molecule has 0 spiro atoms. The maximum absolute atomic E-state index is 13.1. The molecule has 4 heteroatoms. The molecule has 0 saturated heterocycles. The van der Waals surface area contributed by atoms with E-state index in [9.17, 15) is 9.18 Å². The number of hydrogen-bond acceptors (Lipinski definition) is 2. The summed E-state index contributed by atoms with van der Waals surface area (Å²) in [6.45, 7) is 1.83. The third-order valence-electron chi connectivity index (χ3n) is 3.81. The van der Waals surface area contributed by atoms with Crippen molar-refractivity contribution in [1.82, 2.24) is 0 Å². The van der Waals surface area contributed by atoms with Crippen LogP contribution in [0.2, 0.25) is 0 Å². The minimum atomic E-state index is -0.318. The summed E-state index contributed by atoms with van der Waals surface area (Å²) in [7, 11) is 0. The summed E-state index contributed by atoms with van der Waals surface area (Å²) in [5.41, 5.74) is 3.61. The van der Waals surface area contributed by atoms with E-state index < -0.39 is 0 Å². The third kappa shape index (κ3) is 2.89. The number of rotatable bonds is 2. The standard InChI is InChI=1S/C17H17FN2O/c1-11-10-13(18)7-9-14(11)19-16-8-6-12-4-2-3-5-15(12)20-17(16)21/h2-5,7,9-10,16,19H,6,8H2,1H3,(H,20,21). The normalized spacial score (nSPS) is 17.6. The lowest BCUT2D eigenvalue weighted by Gasteiger charge is -2.18. The fourth-order valence-electron chi connectivity index (χ4n) is 2.63. The monoisotopic (exact) mass is 284 g/mol. The lowest BCUT2D eigenvalue weighted by atomic mass is 10.1. The van der Waals surface area contributed by atoms with Crippen LogP contribution < -0.4 is 10.6 Å². The van der Waals surface area contributed by atoms with Gasteiger partial charge in [-0.15, -0.1) is 0 Å². The number of benzene rings is 2. The first-order valence-corrected chi connectivity index (χ1v) is 7.05. The van der Waals surface area contributed by atoms with Crippen LogP contribution in [0.5, 0.6) is 0 Å². The molecular formula is C17H17FN2O. The molecule has 2 N–H and O–H groups in total. The van der Waals surface area contributed by atoms with Gasteiger partial charge in [0.25, 0.3) is 0 Å². The van der Waals surface area contributed by atoms with Gasteiger partial charge in [0.15, 0.2) is 0 Å². The lowest BCUT2D eigenvalue weighted by Crippen LogP contribution is -2.33. The molecule has 108 valence electrons. The van der Waals surface area contributed by atoms with E-state index in [4.69, 9.17) is 0 Å². The maximum atomic E-state index is 13.1. The van der Waals surface area contributed by atoms with E-state index in [1.54, 1.807) is 6.07 Å². The molecule has 1 aliphatic rings. The van der Waals surface area contributed by atoms with Gasteiger partial charge in [-0.3, -0.25) is 4.79 Å². The van der Waals surface area contributed by atoms with Gasteiger partial charge in [-0.25, -0.2) is 4.39 Å². The van der Waals surface area contributed by atoms with Gasteiger partial charge in [0.05, 0.1) is 0 Å². The van der Waals surface area contributed by atoms with Crippen molar-refractivity contribution >= 4 is 17.3 Å². The first-order chi connectivity index (χ1) is 10.1. The molecule has 1 atom stereocenters. The second-order valence-corrected chi connectivity index (χ2v) is 5.34. The Labute approximate surface area is 123 Å². The fraction of sp³-hybridized carbons (Fsp3) is 0.235. The Morgan fingerprint density at radius 2 is 2.05 bits per heavy atom. The Morgan fingerprint density at radius 1 is 1.24 bits per heavy atom. The van der Waals surface area contributed by atoms with Crippen LogP contribution in [0, 0.1) is 12.7 Å². The fourth-order valence-corrected chi connectivity index (χ4v) is 2.63. The highest BCUT2D eigenvalue weighted by Gasteiger charge is 2.23. The number of fused-ring (bicyclic) bond motifs is 1. The first-order valence-electron chi connectivity index (χ1n) is 7.05. The second-order valence-electron chi connectivity index (χ2n) is 5.34. The average molecular weight is 284 g/mol. The van der Waals surface area contributed by atoms with Crippen molar-refractivity contribution < 1.29 is 9.18 Å². The molecule has 3 nitrogen and oxygen atoms in total. The number of hydrogen-bond donors (Lipinski definition) is 2. The van der Waals surface area contributed by atoms with Crippen LogP contribution in [0.15, 0.2) is 42.5 Å². The molecule has 2 aromatic rings. The number of anilines is 2. The van der Waals surface area contributed by atoms with Crippen molar-refractivity contribution in [3.05, 3.63) is 59.4 Å². The van der Waals surface area contributed by atoms with E-state index in [0.717, 1.165) is 28.9 Å². The summed E-state index contributed by atoms with van der Waals surface area (Å²) in [6, 6.07) is 12.1. The molecule has 1 heterocycles. The topological polar surface area (TPSA) is 41.1 Å². The van der Waals surface area contributed by atoms with Gasteiger partial charge in [0, 0.05) is 11.4 Å². The van der Waals surface area contributed by atoms with Crippen molar-refractivity contribution in [2.24, 2.45) is 0 Å². The van der Waals surface area contributed by atoms with Crippen LogP contribution in [0.4, 0.5) is 15.8 Å². The molecule has 1 amide bonds.